The van der Waals surface area contributed by atoms with Gasteiger partial charge in [-0.3, -0.25) is 0 Å². The maximum atomic E-state index is 12.9. The van der Waals surface area contributed by atoms with Gasteiger partial charge in [-0.2, -0.15) is 13.2 Å². The van der Waals surface area contributed by atoms with Gasteiger partial charge in [-0.1, -0.05) is 36.4 Å². The van der Waals surface area contributed by atoms with Crippen LogP contribution in [0.3, 0.4) is 0 Å². The van der Waals surface area contributed by atoms with Crippen LogP contribution in [0, 0.1) is 0 Å². The van der Waals surface area contributed by atoms with Gasteiger partial charge >= 0.3 is 25.0 Å². The second-order valence-electron chi connectivity index (χ2n) is 5.94. The summed E-state index contributed by atoms with van der Waals surface area (Å²) in [6, 6.07) is 13.8. The van der Waals surface area contributed by atoms with E-state index in [-0.39, 0.29) is 31.2 Å². The van der Waals surface area contributed by atoms with Crippen LogP contribution in [0.2, 0.25) is 0 Å². The van der Waals surface area contributed by atoms with Crippen LogP contribution in [-0.4, -0.2) is 31.0 Å². The van der Waals surface area contributed by atoms with E-state index >= 15 is 0 Å². The third-order valence-corrected chi connectivity index (χ3v) is 3.78. The number of likely N-dealkylation sites (N-methyl/N-ethyl adjacent to an activating group) is 1. The largest absolute Gasteiger partial charge is 1.00 e. The topological polar surface area (TPSA) is 52.6 Å². The van der Waals surface area contributed by atoms with E-state index in [0.29, 0.717) is 13.0 Å². The number of carboxylic acid groups (broad SMARTS) is 1. The molecule has 0 bridgehead atoms. The number of benzene rings is 2. The Hall–Kier alpha value is -1.94. The maximum absolute atomic E-state index is 12.9. The molecule has 0 radical (unpaired) electrons. The predicted molar refractivity (Wildman–Crippen MR) is 88.4 cm³/mol. The van der Waals surface area contributed by atoms with Gasteiger partial charge in [0.05, 0.1) is 11.5 Å². The Bertz CT molecular complexity index is 726. The third-order valence-electron chi connectivity index (χ3n) is 3.78. The summed E-state index contributed by atoms with van der Waals surface area (Å²) in [5, 5.41) is 10.7. The number of nitrogens with zero attached hydrogens (tertiary/aromatic N) is 1. The Labute approximate surface area is 168 Å². The maximum Gasteiger partial charge on any atom is 1.00 e. The van der Waals surface area contributed by atoms with Gasteiger partial charge in [0, 0.05) is 19.5 Å². The number of ether oxygens (including phenoxy) is 1. The van der Waals surface area contributed by atoms with E-state index in [0.717, 1.165) is 17.7 Å². The van der Waals surface area contributed by atoms with Crippen LogP contribution in [-0.2, 0) is 11.0 Å². The minimum Gasteiger partial charge on any atom is -0.549 e. The van der Waals surface area contributed by atoms with Crippen molar-refractivity contribution in [3.63, 3.8) is 0 Å². The van der Waals surface area contributed by atoms with Crippen LogP contribution < -0.4 is 28.7 Å². The fraction of sp³-hybridized carbons (Fsp3) is 0.316. The van der Waals surface area contributed by atoms with Crippen molar-refractivity contribution in [1.29, 1.82) is 0 Å². The Morgan fingerprint density at radius 3 is 2.41 bits per heavy atom. The van der Waals surface area contributed by atoms with Gasteiger partial charge in [0.25, 0.3) is 0 Å². The monoisotopic (exact) mass is 373 g/mol. The molecule has 0 spiro atoms. The molecule has 0 aromatic heterocycles. The SMILES string of the molecule is CN(CC[C@H](Oc1cccc(C(F)(F)F)c1)c1ccccc1)CC(=O)[O-].[Li+]. The van der Waals surface area contributed by atoms with Crippen LogP contribution in [0.5, 0.6) is 5.75 Å². The standard InChI is InChI=1S/C19H20F3NO3.Li/c1-23(13-18(24)25)11-10-17(14-6-3-2-4-7-14)26-16-9-5-8-15(12-16)19(20,21)22;/h2-9,12,17H,10-11,13H2,1H3,(H,24,25);/q;+1/p-1/t17-;/m0./s1. The average Bonchev–Trinajstić information content (AvgIpc) is 2.58. The first-order chi connectivity index (χ1) is 12.3. The number of hydrogen-bond acceptors (Lipinski definition) is 4. The van der Waals surface area contributed by atoms with E-state index in [1.54, 1.807) is 11.9 Å². The number of halogens is 3. The molecule has 2 aromatic rings. The number of carbonyl (C=O) groups is 1. The summed E-state index contributed by atoms with van der Waals surface area (Å²) in [4.78, 5) is 12.2. The Morgan fingerprint density at radius 2 is 1.81 bits per heavy atom. The minimum atomic E-state index is -4.45. The fourth-order valence-corrected chi connectivity index (χ4v) is 2.51. The normalized spacial score (nSPS) is 12.3. The van der Waals surface area contributed by atoms with Gasteiger partial charge in [-0.15, -0.1) is 0 Å². The van der Waals surface area contributed by atoms with E-state index in [4.69, 9.17) is 4.74 Å². The zero-order chi connectivity index (χ0) is 19.2. The summed E-state index contributed by atoms with van der Waals surface area (Å²) in [6.07, 6.45) is -4.55. The molecule has 140 valence electrons. The summed E-state index contributed by atoms with van der Waals surface area (Å²) >= 11 is 0. The number of hydrogen-bond donors (Lipinski definition) is 0. The molecule has 4 nitrogen and oxygen atoms in total. The fourth-order valence-electron chi connectivity index (χ4n) is 2.51. The summed E-state index contributed by atoms with van der Waals surface area (Å²) in [5.41, 5.74) is 0.0163. The quantitative estimate of drug-likeness (QED) is 0.607. The second kappa shape index (κ2) is 10.4. The van der Waals surface area contributed by atoms with Crippen molar-refractivity contribution in [2.45, 2.75) is 18.7 Å². The first-order valence-electron chi connectivity index (χ1n) is 8.03. The molecule has 0 aliphatic rings. The molecular weight excluding hydrogens is 354 g/mol. The van der Waals surface area contributed by atoms with E-state index in [2.05, 4.69) is 0 Å². The third kappa shape index (κ3) is 7.67. The number of carbonyl (C=O) groups excluding carboxylic acids is 1. The summed E-state index contributed by atoms with van der Waals surface area (Å²) < 4.78 is 44.4. The smallest absolute Gasteiger partial charge is 0.549 e. The van der Waals surface area contributed by atoms with Gasteiger partial charge < -0.3 is 19.5 Å². The zero-order valence-electron chi connectivity index (χ0n) is 15.2. The van der Waals surface area contributed by atoms with Gasteiger partial charge in [0.1, 0.15) is 11.9 Å². The van der Waals surface area contributed by atoms with Crippen molar-refractivity contribution < 1.29 is 46.7 Å². The molecule has 2 rings (SSSR count). The first-order valence-corrected chi connectivity index (χ1v) is 8.03. The van der Waals surface area contributed by atoms with Crippen molar-refractivity contribution in [2.24, 2.45) is 0 Å². The predicted octanol–water partition coefficient (Wildman–Crippen LogP) is -0.0987. The molecule has 0 unspecified atom stereocenters. The molecule has 1 atom stereocenters. The van der Waals surface area contributed by atoms with Gasteiger partial charge in [0.2, 0.25) is 0 Å². The van der Waals surface area contributed by atoms with Crippen LogP contribution >= 0.6 is 0 Å². The van der Waals surface area contributed by atoms with E-state index in [1.807, 2.05) is 30.3 Å². The summed E-state index contributed by atoms with van der Waals surface area (Å²) in [7, 11) is 1.63. The second-order valence-corrected chi connectivity index (χ2v) is 5.94. The van der Waals surface area contributed by atoms with Crippen LogP contribution in [0.1, 0.15) is 23.7 Å². The van der Waals surface area contributed by atoms with Crippen molar-refractivity contribution in [1.82, 2.24) is 4.90 Å². The Balaban J connectivity index is 0.00000364. The van der Waals surface area contributed by atoms with E-state index < -0.39 is 23.8 Å². The van der Waals surface area contributed by atoms with Crippen molar-refractivity contribution in [2.75, 3.05) is 20.1 Å². The number of aliphatic carboxylic acids is 1. The van der Waals surface area contributed by atoms with Crippen LogP contribution in [0.15, 0.2) is 54.6 Å². The molecular formula is C19H19F3LiNO3. The molecule has 8 heteroatoms. The molecule has 0 heterocycles. The molecule has 2 aromatic carbocycles. The van der Waals surface area contributed by atoms with Crippen LogP contribution in [0.4, 0.5) is 13.2 Å². The van der Waals surface area contributed by atoms with Crippen molar-refractivity contribution >= 4 is 5.97 Å². The first kappa shape index (κ1) is 23.1. The molecule has 0 saturated heterocycles. The minimum absolute atomic E-state index is 0. The van der Waals surface area contributed by atoms with Crippen molar-refractivity contribution in [3.05, 3.63) is 65.7 Å². The average molecular weight is 373 g/mol. The van der Waals surface area contributed by atoms with Gasteiger partial charge in [0.15, 0.2) is 0 Å². The molecule has 0 aliphatic carbocycles. The molecule has 0 N–H and O–H groups in total. The Kier molecular flexibility index (Phi) is 8.90. The molecule has 0 fully saturated rings. The molecule has 0 amide bonds. The van der Waals surface area contributed by atoms with Gasteiger partial charge in [-0.05, 0) is 30.8 Å². The Morgan fingerprint density at radius 1 is 1.15 bits per heavy atom. The zero-order valence-corrected chi connectivity index (χ0v) is 15.2. The van der Waals surface area contributed by atoms with Gasteiger partial charge in [-0.25, -0.2) is 0 Å². The molecule has 27 heavy (non-hydrogen) atoms. The van der Waals surface area contributed by atoms with E-state index in [1.165, 1.54) is 12.1 Å². The summed E-state index contributed by atoms with van der Waals surface area (Å²) in [6.45, 7) is 0.150. The van der Waals surface area contributed by atoms with Crippen molar-refractivity contribution in [3.8, 4) is 5.75 Å². The number of rotatable bonds is 8. The molecule has 0 saturated carbocycles. The number of alkyl halides is 3. The molecule has 0 aliphatic heterocycles. The summed E-state index contributed by atoms with van der Waals surface area (Å²) in [5.74, 6) is -1.08. The van der Waals surface area contributed by atoms with Crippen LogP contribution in [0.25, 0.3) is 0 Å². The number of carboxylic acids is 1. The van der Waals surface area contributed by atoms with E-state index in [9.17, 15) is 23.1 Å².